The predicted octanol–water partition coefficient (Wildman–Crippen LogP) is 3.94. The summed E-state index contributed by atoms with van der Waals surface area (Å²) in [5.41, 5.74) is 0.883. The molecule has 1 saturated heterocycles. The zero-order chi connectivity index (χ0) is 15.5. The van der Waals surface area contributed by atoms with Crippen LogP contribution in [0.25, 0.3) is 16.8 Å². The predicted molar refractivity (Wildman–Crippen MR) is 92.3 cm³/mol. The third kappa shape index (κ3) is 3.03. The van der Waals surface area contributed by atoms with Gasteiger partial charge in [-0.1, -0.05) is 46.3 Å². The van der Waals surface area contributed by atoms with Crippen molar-refractivity contribution in [3.05, 3.63) is 46.9 Å². The second-order valence-electron chi connectivity index (χ2n) is 4.59. The van der Waals surface area contributed by atoms with Gasteiger partial charge in [0, 0.05) is 10.7 Å². The minimum atomic E-state index is -0.348. The fourth-order valence-corrected chi connectivity index (χ4v) is 3.09. The van der Waals surface area contributed by atoms with Gasteiger partial charge in [0.2, 0.25) is 0 Å². The smallest absolute Gasteiger partial charge is 0.290 e. The summed E-state index contributed by atoms with van der Waals surface area (Å²) < 4.78 is 5.73. The molecule has 6 heteroatoms. The molecule has 0 bridgehead atoms. The third-order valence-corrected chi connectivity index (χ3v) is 4.32. The Morgan fingerprint density at radius 1 is 1.14 bits per heavy atom. The number of carbonyl (C=O) groups is 2. The highest BCUT2D eigenvalue weighted by Gasteiger charge is 2.25. The summed E-state index contributed by atoms with van der Waals surface area (Å²) in [5, 5.41) is 4.64. The van der Waals surface area contributed by atoms with Gasteiger partial charge in [-0.05, 0) is 34.9 Å². The van der Waals surface area contributed by atoms with Crippen LogP contribution in [0, 0.1) is 0 Å². The number of ether oxygens (including phenoxy) is 1. The molecule has 2 aromatic carbocycles. The standard InChI is InChI=1S/C16H12BrNO3S/c17-7-8-21-13-6-5-10(11-3-1-2-4-12(11)13)9-14-15(19)18-16(20)22-14/h1-6,9H,7-8H2,(H,18,19,20). The van der Waals surface area contributed by atoms with Crippen molar-refractivity contribution in [3.8, 4) is 5.75 Å². The van der Waals surface area contributed by atoms with E-state index in [1.54, 1.807) is 6.08 Å². The van der Waals surface area contributed by atoms with Gasteiger partial charge >= 0.3 is 0 Å². The monoisotopic (exact) mass is 377 g/mol. The lowest BCUT2D eigenvalue weighted by molar-refractivity contribution is -0.115. The Hall–Kier alpha value is -1.79. The molecule has 4 nitrogen and oxygen atoms in total. The summed E-state index contributed by atoms with van der Waals surface area (Å²) in [4.78, 5) is 23.3. The van der Waals surface area contributed by atoms with Crippen LogP contribution in [0.15, 0.2) is 41.3 Å². The van der Waals surface area contributed by atoms with Crippen molar-refractivity contribution in [2.45, 2.75) is 0 Å². The molecule has 0 atom stereocenters. The number of imide groups is 1. The van der Waals surface area contributed by atoms with E-state index in [1.807, 2.05) is 36.4 Å². The van der Waals surface area contributed by atoms with E-state index < -0.39 is 0 Å². The van der Waals surface area contributed by atoms with E-state index in [1.165, 1.54) is 0 Å². The molecule has 0 aromatic heterocycles. The topological polar surface area (TPSA) is 55.4 Å². The first-order chi connectivity index (χ1) is 10.7. The van der Waals surface area contributed by atoms with Crippen molar-refractivity contribution < 1.29 is 14.3 Å². The van der Waals surface area contributed by atoms with E-state index in [9.17, 15) is 9.59 Å². The van der Waals surface area contributed by atoms with E-state index in [2.05, 4.69) is 21.2 Å². The number of hydrogen-bond donors (Lipinski definition) is 1. The number of carbonyl (C=O) groups excluding carboxylic acids is 2. The van der Waals surface area contributed by atoms with E-state index in [0.29, 0.717) is 11.5 Å². The molecule has 1 N–H and O–H groups in total. The van der Waals surface area contributed by atoms with Gasteiger partial charge in [0.15, 0.2) is 0 Å². The summed E-state index contributed by atoms with van der Waals surface area (Å²) in [7, 11) is 0. The third-order valence-electron chi connectivity index (χ3n) is 3.18. The van der Waals surface area contributed by atoms with Crippen LogP contribution in [-0.4, -0.2) is 23.1 Å². The molecule has 1 aliphatic heterocycles. The maximum atomic E-state index is 11.7. The molecule has 0 saturated carbocycles. The van der Waals surface area contributed by atoms with Crippen LogP contribution >= 0.6 is 27.7 Å². The first-order valence-corrected chi connectivity index (χ1v) is 8.58. The van der Waals surface area contributed by atoms with Gasteiger partial charge in [-0.3, -0.25) is 14.9 Å². The van der Waals surface area contributed by atoms with E-state index >= 15 is 0 Å². The van der Waals surface area contributed by atoms with E-state index in [0.717, 1.165) is 39.2 Å². The lowest BCUT2D eigenvalue weighted by Crippen LogP contribution is -2.17. The molecule has 1 fully saturated rings. The number of nitrogens with one attached hydrogen (secondary N) is 1. The van der Waals surface area contributed by atoms with Gasteiger partial charge in [-0.15, -0.1) is 0 Å². The number of thioether (sulfide) groups is 1. The Morgan fingerprint density at radius 2 is 1.91 bits per heavy atom. The average Bonchev–Trinajstić information content (AvgIpc) is 2.84. The number of hydrogen-bond acceptors (Lipinski definition) is 4. The zero-order valence-corrected chi connectivity index (χ0v) is 13.9. The first-order valence-electron chi connectivity index (χ1n) is 6.64. The Bertz CT molecular complexity index is 788. The van der Waals surface area contributed by atoms with Gasteiger partial charge in [-0.25, -0.2) is 0 Å². The highest BCUT2D eigenvalue weighted by molar-refractivity contribution is 9.09. The molecule has 0 spiro atoms. The van der Waals surface area contributed by atoms with Crippen molar-refractivity contribution in [1.29, 1.82) is 0 Å². The van der Waals surface area contributed by atoms with Crippen LogP contribution in [0.5, 0.6) is 5.75 Å². The highest BCUT2D eigenvalue weighted by Crippen LogP contribution is 2.32. The highest BCUT2D eigenvalue weighted by atomic mass is 79.9. The lowest BCUT2D eigenvalue weighted by atomic mass is 10.0. The fraction of sp³-hybridized carbons (Fsp3) is 0.125. The second-order valence-corrected chi connectivity index (χ2v) is 6.40. The lowest BCUT2D eigenvalue weighted by Gasteiger charge is -2.10. The largest absolute Gasteiger partial charge is 0.492 e. The number of rotatable bonds is 4. The molecule has 112 valence electrons. The molecule has 22 heavy (non-hydrogen) atoms. The summed E-state index contributed by atoms with van der Waals surface area (Å²) in [6.45, 7) is 0.581. The zero-order valence-electron chi connectivity index (χ0n) is 11.5. The van der Waals surface area contributed by atoms with Crippen LogP contribution in [-0.2, 0) is 4.79 Å². The summed E-state index contributed by atoms with van der Waals surface area (Å²) in [5.74, 6) is 0.454. The quantitative estimate of drug-likeness (QED) is 0.647. The van der Waals surface area contributed by atoms with Gasteiger partial charge in [0.25, 0.3) is 11.1 Å². The summed E-state index contributed by atoms with van der Waals surface area (Å²) in [6, 6.07) is 11.6. The van der Waals surface area contributed by atoms with Gasteiger partial charge in [0.1, 0.15) is 5.75 Å². The molecule has 2 aromatic rings. The molecule has 1 heterocycles. The Morgan fingerprint density at radius 3 is 2.59 bits per heavy atom. The van der Waals surface area contributed by atoms with Crippen molar-refractivity contribution in [3.63, 3.8) is 0 Å². The molecule has 0 radical (unpaired) electrons. The van der Waals surface area contributed by atoms with Crippen LogP contribution < -0.4 is 10.1 Å². The van der Waals surface area contributed by atoms with Crippen LogP contribution in [0.4, 0.5) is 4.79 Å². The number of halogens is 1. The van der Waals surface area contributed by atoms with E-state index in [4.69, 9.17) is 4.74 Å². The second kappa shape index (κ2) is 6.54. The Labute approximate surface area is 140 Å². The first kappa shape index (κ1) is 15.1. The Kier molecular flexibility index (Phi) is 4.49. The number of fused-ring (bicyclic) bond motifs is 1. The molecule has 2 amide bonds. The summed E-state index contributed by atoms with van der Waals surface area (Å²) in [6.07, 6.45) is 1.74. The van der Waals surface area contributed by atoms with E-state index in [-0.39, 0.29) is 11.1 Å². The fourth-order valence-electron chi connectivity index (χ4n) is 2.26. The molecule has 3 rings (SSSR count). The maximum Gasteiger partial charge on any atom is 0.290 e. The molecular weight excluding hydrogens is 366 g/mol. The normalized spacial score (nSPS) is 16.3. The molecule has 0 unspecified atom stereocenters. The van der Waals surface area contributed by atoms with Crippen molar-refractivity contribution in [1.82, 2.24) is 5.32 Å². The van der Waals surface area contributed by atoms with Crippen molar-refractivity contribution in [2.75, 3.05) is 11.9 Å². The minimum Gasteiger partial charge on any atom is -0.492 e. The van der Waals surface area contributed by atoms with Gasteiger partial charge in [0.05, 0.1) is 11.5 Å². The molecule has 0 aliphatic carbocycles. The number of alkyl halides is 1. The molecule has 1 aliphatic rings. The van der Waals surface area contributed by atoms with Crippen LogP contribution in [0.3, 0.4) is 0 Å². The van der Waals surface area contributed by atoms with Crippen LogP contribution in [0.1, 0.15) is 5.56 Å². The summed E-state index contributed by atoms with van der Waals surface area (Å²) >= 11 is 4.26. The number of amides is 2. The van der Waals surface area contributed by atoms with Crippen molar-refractivity contribution in [2.24, 2.45) is 0 Å². The maximum absolute atomic E-state index is 11.7. The SMILES string of the molecule is O=C1NC(=O)C(=Cc2ccc(OCCBr)c3ccccc23)S1. The average molecular weight is 378 g/mol. The van der Waals surface area contributed by atoms with Gasteiger partial charge in [-0.2, -0.15) is 0 Å². The van der Waals surface area contributed by atoms with Crippen LogP contribution in [0.2, 0.25) is 0 Å². The van der Waals surface area contributed by atoms with Crippen molar-refractivity contribution >= 4 is 55.7 Å². The minimum absolute atomic E-state index is 0.335. The Balaban J connectivity index is 2.06. The van der Waals surface area contributed by atoms with Gasteiger partial charge < -0.3 is 4.74 Å². The number of benzene rings is 2. The molecular formula is C16H12BrNO3S.